The Hall–Kier alpha value is -4.25. The van der Waals surface area contributed by atoms with Gasteiger partial charge in [0.15, 0.2) is 0 Å². The number of likely N-dealkylation sites (N-methyl/N-ethyl adjacent to an activating group) is 1. The highest BCUT2D eigenvalue weighted by Gasteiger charge is 2.41. The zero-order chi connectivity index (χ0) is 28.9. The van der Waals surface area contributed by atoms with Gasteiger partial charge in [-0.1, -0.05) is 20.4 Å². The van der Waals surface area contributed by atoms with E-state index in [1.165, 1.54) is 12.4 Å². The Labute approximate surface area is 240 Å². The van der Waals surface area contributed by atoms with Gasteiger partial charge in [-0.25, -0.2) is 9.97 Å². The van der Waals surface area contributed by atoms with Crippen LogP contribution >= 0.6 is 0 Å². The SMILES string of the molecule is C=CC(=O)Nc1cc(Nc2ncnc(N3CC(C)(C)c4nc(C)ccc43)n2)c(OC)cc1N1CC[C@@H]2CN(C)C[C@@H]21. The maximum atomic E-state index is 12.5. The van der Waals surface area contributed by atoms with Crippen LogP contribution in [0.4, 0.5) is 34.6 Å². The van der Waals surface area contributed by atoms with Crippen molar-refractivity contribution in [3.05, 3.63) is 54.6 Å². The van der Waals surface area contributed by atoms with Gasteiger partial charge in [-0.05, 0) is 50.6 Å². The summed E-state index contributed by atoms with van der Waals surface area (Å²) in [5.74, 6) is 1.86. The summed E-state index contributed by atoms with van der Waals surface area (Å²) in [5.41, 5.74) is 5.10. The van der Waals surface area contributed by atoms with Gasteiger partial charge in [-0.3, -0.25) is 9.78 Å². The van der Waals surface area contributed by atoms with Gasteiger partial charge in [0, 0.05) is 49.4 Å². The lowest BCUT2D eigenvalue weighted by atomic mass is 9.91. The van der Waals surface area contributed by atoms with Crippen molar-refractivity contribution in [2.75, 3.05) is 60.8 Å². The van der Waals surface area contributed by atoms with E-state index in [0.717, 1.165) is 48.8 Å². The normalized spacial score (nSPS) is 21.0. The van der Waals surface area contributed by atoms with E-state index >= 15 is 0 Å². The quantitative estimate of drug-likeness (QED) is 0.415. The molecule has 3 aliphatic rings. The average molecular weight is 556 g/mol. The van der Waals surface area contributed by atoms with Crippen LogP contribution in [0, 0.1) is 12.8 Å². The van der Waals surface area contributed by atoms with E-state index < -0.39 is 0 Å². The molecule has 0 aliphatic carbocycles. The monoisotopic (exact) mass is 555 g/mol. The molecule has 0 saturated carbocycles. The molecule has 2 fully saturated rings. The number of fused-ring (bicyclic) bond motifs is 2. The fourth-order valence-electron chi connectivity index (χ4n) is 6.43. The van der Waals surface area contributed by atoms with Crippen LogP contribution < -0.4 is 25.2 Å². The number of hydrogen-bond donors (Lipinski definition) is 2. The minimum atomic E-state index is -0.275. The molecule has 6 rings (SSSR count). The Morgan fingerprint density at radius 2 is 1.98 bits per heavy atom. The van der Waals surface area contributed by atoms with E-state index in [0.29, 0.717) is 47.5 Å². The van der Waals surface area contributed by atoms with Crippen LogP contribution in [0.5, 0.6) is 5.75 Å². The Bertz CT molecular complexity index is 1510. The number of nitrogens with one attached hydrogen (secondary N) is 2. The maximum Gasteiger partial charge on any atom is 0.247 e. The number of anilines is 6. The molecule has 1 aromatic carbocycles. The largest absolute Gasteiger partial charge is 0.494 e. The Balaban J connectivity index is 1.34. The van der Waals surface area contributed by atoms with Gasteiger partial charge in [0.05, 0.1) is 35.6 Å². The van der Waals surface area contributed by atoms with Crippen molar-refractivity contribution >= 4 is 40.6 Å². The van der Waals surface area contributed by atoms with Crippen molar-refractivity contribution in [1.29, 1.82) is 0 Å². The number of hydrogen-bond acceptors (Lipinski definition) is 10. The van der Waals surface area contributed by atoms with E-state index in [2.05, 4.69) is 68.8 Å². The molecule has 3 aliphatic heterocycles. The molecule has 0 spiro atoms. The van der Waals surface area contributed by atoms with Gasteiger partial charge in [0.25, 0.3) is 0 Å². The fourth-order valence-corrected chi connectivity index (χ4v) is 6.43. The zero-order valence-electron chi connectivity index (χ0n) is 24.3. The number of benzene rings is 1. The summed E-state index contributed by atoms with van der Waals surface area (Å²) >= 11 is 0. The predicted molar refractivity (Wildman–Crippen MR) is 161 cm³/mol. The van der Waals surface area contributed by atoms with E-state index in [-0.39, 0.29) is 11.3 Å². The molecule has 0 radical (unpaired) electrons. The Morgan fingerprint density at radius 1 is 1.15 bits per heavy atom. The lowest BCUT2D eigenvalue weighted by molar-refractivity contribution is -0.111. The average Bonchev–Trinajstić information content (AvgIpc) is 3.59. The molecule has 41 heavy (non-hydrogen) atoms. The number of carbonyl (C=O) groups is 1. The lowest BCUT2D eigenvalue weighted by Gasteiger charge is -2.29. The highest BCUT2D eigenvalue weighted by molar-refractivity contribution is 6.02. The Morgan fingerprint density at radius 3 is 2.76 bits per heavy atom. The molecule has 11 heteroatoms. The highest BCUT2D eigenvalue weighted by Crippen LogP contribution is 2.44. The second kappa shape index (κ2) is 10.3. The van der Waals surface area contributed by atoms with Gasteiger partial charge >= 0.3 is 0 Å². The summed E-state index contributed by atoms with van der Waals surface area (Å²) in [4.78, 5) is 37.8. The van der Waals surface area contributed by atoms with Crippen LogP contribution in [0.2, 0.25) is 0 Å². The number of aryl methyl sites for hydroxylation is 1. The van der Waals surface area contributed by atoms with Crippen LogP contribution in [0.15, 0.2) is 43.2 Å². The number of methoxy groups -OCH3 is 1. The van der Waals surface area contributed by atoms with Crippen molar-refractivity contribution in [2.24, 2.45) is 5.92 Å². The third-order valence-electron chi connectivity index (χ3n) is 8.35. The van der Waals surface area contributed by atoms with Crippen molar-refractivity contribution in [3.63, 3.8) is 0 Å². The molecule has 5 heterocycles. The van der Waals surface area contributed by atoms with Gasteiger partial charge in [0.1, 0.15) is 12.1 Å². The molecular weight excluding hydrogens is 518 g/mol. The molecule has 2 aromatic heterocycles. The number of rotatable bonds is 7. The van der Waals surface area contributed by atoms with Crippen LogP contribution in [0.1, 0.15) is 31.7 Å². The lowest BCUT2D eigenvalue weighted by Crippen LogP contribution is -2.35. The molecule has 1 amide bonds. The van der Waals surface area contributed by atoms with Gasteiger partial charge in [-0.15, -0.1) is 0 Å². The first kappa shape index (κ1) is 26.9. The smallest absolute Gasteiger partial charge is 0.247 e. The summed E-state index contributed by atoms with van der Waals surface area (Å²) in [7, 11) is 3.80. The fraction of sp³-hybridized carbons (Fsp3) is 0.433. The van der Waals surface area contributed by atoms with E-state index in [1.807, 2.05) is 25.1 Å². The number of pyridine rings is 1. The topological polar surface area (TPSA) is 112 Å². The summed E-state index contributed by atoms with van der Waals surface area (Å²) < 4.78 is 5.83. The summed E-state index contributed by atoms with van der Waals surface area (Å²) in [6.45, 7) is 13.7. The number of nitrogens with zero attached hydrogens (tertiary/aromatic N) is 7. The number of ether oxygens (including phenoxy) is 1. The zero-order valence-corrected chi connectivity index (χ0v) is 24.3. The van der Waals surface area contributed by atoms with Crippen molar-refractivity contribution < 1.29 is 9.53 Å². The molecule has 214 valence electrons. The molecule has 2 N–H and O–H groups in total. The molecule has 0 bridgehead atoms. The molecule has 0 unspecified atom stereocenters. The number of carbonyl (C=O) groups excluding carboxylic acids is 1. The first-order valence-electron chi connectivity index (χ1n) is 14.0. The molecule has 2 atom stereocenters. The van der Waals surface area contributed by atoms with Gasteiger partial charge in [0.2, 0.25) is 17.8 Å². The second-order valence-electron chi connectivity index (χ2n) is 11.8. The van der Waals surface area contributed by atoms with Crippen molar-refractivity contribution in [3.8, 4) is 5.75 Å². The van der Waals surface area contributed by atoms with E-state index in [4.69, 9.17) is 14.7 Å². The summed E-state index contributed by atoms with van der Waals surface area (Å²) in [5, 5.41) is 6.32. The second-order valence-corrected chi connectivity index (χ2v) is 11.8. The molecule has 3 aromatic rings. The van der Waals surface area contributed by atoms with Crippen LogP contribution in [0.25, 0.3) is 0 Å². The molecule has 2 saturated heterocycles. The van der Waals surface area contributed by atoms with Gasteiger partial charge in [-0.2, -0.15) is 4.98 Å². The standard InChI is InChI=1S/C30H37N9O2/c1-7-26(40)34-20-12-21(25(41-6)13-23(20)38-11-10-19-14-37(5)15-24(19)38)35-28-31-17-32-29(36-28)39-16-30(3,4)27-22(39)9-8-18(2)33-27/h7-9,12-13,17,19,24H,1,10-11,14-16H2,2-6H3,(H,34,40)(H,31,32,35,36)/t19-,24+/m1/s1. The molecule has 11 nitrogen and oxygen atoms in total. The van der Waals surface area contributed by atoms with Crippen molar-refractivity contribution in [2.45, 2.75) is 38.6 Å². The van der Waals surface area contributed by atoms with Crippen LogP contribution in [0.3, 0.4) is 0 Å². The minimum absolute atomic E-state index is 0.151. The third kappa shape index (κ3) is 4.94. The number of amides is 1. The predicted octanol–water partition coefficient (Wildman–Crippen LogP) is 4.02. The number of aromatic nitrogens is 4. The summed E-state index contributed by atoms with van der Waals surface area (Å²) in [6, 6.07) is 8.33. The van der Waals surface area contributed by atoms with E-state index in [1.54, 1.807) is 7.11 Å². The van der Waals surface area contributed by atoms with Crippen molar-refractivity contribution in [1.82, 2.24) is 24.8 Å². The molecular formula is C30H37N9O2. The van der Waals surface area contributed by atoms with Crippen LogP contribution in [-0.4, -0.2) is 77.1 Å². The third-order valence-corrected chi connectivity index (χ3v) is 8.35. The summed E-state index contributed by atoms with van der Waals surface area (Å²) in [6.07, 6.45) is 3.89. The first-order valence-corrected chi connectivity index (χ1v) is 14.0. The maximum absolute atomic E-state index is 12.5. The highest BCUT2D eigenvalue weighted by atomic mass is 16.5. The number of likely N-dealkylation sites (tertiary alicyclic amines) is 1. The first-order chi connectivity index (χ1) is 19.7. The minimum Gasteiger partial charge on any atom is -0.494 e. The van der Waals surface area contributed by atoms with Gasteiger partial charge < -0.3 is 30.1 Å². The van der Waals surface area contributed by atoms with E-state index in [9.17, 15) is 4.79 Å². The Kier molecular flexibility index (Phi) is 6.77. The van der Waals surface area contributed by atoms with Crippen LogP contribution in [-0.2, 0) is 10.2 Å².